The van der Waals surface area contributed by atoms with Crippen molar-refractivity contribution >= 4 is 20.2 Å². The Bertz CT molecular complexity index is 976. The molecule has 0 aliphatic carbocycles. The van der Waals surface area contributed by atoms with Gasteiger partial charge in [-0.15, -0.1) is 0 Å². The number of nitrogens with one attached hydrogen (secondary N) is 2. The zero-order chi connectivity index (χ0) is 23.4. The standard InChI is InChI=1S/C23H35N5O3Si/c1-23(2,3)32(4,5)31-17-11-18-6-8-19(9-7-18)28-14-10-20(26-22(28)30)25-21(29)27-15-12-24-13-16-27/h6-10,14,24H,11-13,15-17H2,1-5H3,(H,25,26,29,30). The number of hydrogen-bond acceptors (Lipinski definition) is 5. The number of aromatic nitrogens is 2. The number of carbonyl (C=O) groups excluding carboxylic acids is 1. The summed E-state index contributed by atoms with van der Waals surface area (Å²) in [7, 11) is -1.75. The maximum atomic E-state index is 12.5. The molecular formula is C23H35N5O3Si. The molecule has 8 nitrogen and oxygen atoms in total. The van der Waals surface area contributed by atoms with Gasteiger partial charge in [-0.25, -0.2) is 9.59 Å². The Balaban J connectivity index is 1.59. The molecule has 1 aromatic heterocycles. The first-order valence-electron chi connectivity index (χ1n) is 11.2. The van der Waals surface area contributed by atoms with E-state index in [2.05, 4.69) is 49.5 Å². The van der Waals surface area contributed by atoms with E-state index in [1.54, 1.807) is 17.2 Å². The summed E-state index contributed by atoms with van der Waals surface area (Å²) < 4.78 is 7.72. The molecule has 2 heterocycles. The van der Waals surface area contributed by atoms with Crippen LogP contribution in [-0.4, -0.2) is 61.6 Å². The molecule has 2 N–H and O–H groups in total. The van der Waals surface area contributed by atoms with Crippen LogP contribution in [0.5, 0.6) is 0 Å². The predicted octanol–water partition coefficient (Wildman–Crippen LogP) is 3.23. The third kappa shape index (κ3) is 6.05. The van der Waals surface area contributed by atoms with Crippen molar-refractivity contribution in [1.29, 1.82) is 0 Å². The number of nitrogens with zero attached hydrogens (tertiary/aromatic N) is 3. The van der Waals surface area contributed by atoms with Crippen LogP contribution >= 0.6 is 0 Å². The Labute approximate surface area is 191 Å². The van der Waals surface area contributed by atoms with E-state index in [9.17, 15) is 9.59 Å². The van der Waals surface area contributed by atoms with Crippen molar-refractivity contribution in [3.63, 3.8) is 0 Å². The molecule has 1 aromatic carbocycles. The zero-order valence-corrected chi connectivity index (χ0v) is 20.8. The highest BCUT2D eigenvalue weighted by Crippen LogP contribution is 2.36. The Kier molecular flexibility index (Phi) is 7.53. The van der Waals surface area contributed by atoms with Crippen molar-refractivity contribution in [1.82, 2.24) is 19.8 Å². The van der Waals surface area contributed by atoms with Crippen molar-refractivity contribution in [3.8, 4) is 5.69 Å². The van der Waals surface area contributed by atoms with E-state index in [1.807, 2.05) is 24.3 Å². The fourth-order valence-electron chi connectivity index (χ4n) is 3.19. The second-order valence-electron chi connectivity index (χ2n) is 9.66. The van der Waals surface area contributed by atoms with Crippen LogP contribution in [0.4, 0.5) is 10.6 Å². The van der Waals surface area contributed by atoms with E-state index < -0.39 is 14.0 Å². The summed E-state index contributed by atoms with van der Waals surface area (Å²) in [6.07, 6.45) is 2.47. The Hall–Kier alpha value is -2.49. The number of benzene rings is 1. The van der Waals surface area contributed by atoms with Gasteiger partial charge in [-0.2, -0.15) is 4.98 Å². The fraction of sp³-hybridized carbons (Fsp3) is 0.522. The molecule has 0 saturated carbocycles. The van der Waals surface area contributed by atoms with Gasteiger partial charge in [0.1, 0.15) is 5.82 Å². The fourth-order valence-corrected chi connectivity index (χ4v) is 4.23. The lowest BCUT2D eigenvalue weighted by Crippen LogP contribution is -2.48. The van der Waals surface area contributed by atoms with Gasteiger partial charge in [0.2, 0.25) is 0 Å². The highest BCUT2D eigenvalue weighted by Gasteiger charge is 2.36. The molecule has 32 heavy (non-hydrogen) atoms. The molecule has 1 aliphatic heterocycles. The van der Waals surface area contributed by atoms with Gasteiger partial charge in [0.15, 0.2) is 8.32 Å². The molecule has 174 valence electrons. The minimum Gasteiger partial charge on any atom is -0.416 e. The first kappa shape index (κ1) is 24.2. The van der Waals surface area contributed by atoms with E-state index in [1.165, 1.54) is 4.57 Å². The predicted molar refractivity (Wildman–Crippen MR) is 130 cm³/mol. The Morgan fingerprint density at radius 2 is 1.81 bits per heavy atom. The summed E-state index contributed by atoms with van der Waals surface area (Å²) in [4.78, 5) is 30.6. The smallest absolute Gasteiger partial charge is 0.354 e. The number of rotatable bonds is 6. The molecule has 1 fully saturated rings. The molecule has 0 bridgehead atoms. The van der Waals surface area contributed by atoms with Crippen molar-refractivity contribution in [2.45, 2.75) is 45.3 Å². The number of piperazine rings is 1. The molecule has 0 unspecified atom stereocenters. The topological polar surface area (TPSA) is 88.5 Å². The number of hydrogen-bond donors (Lipinski definition) is 2. The van der Waals surface area contributed by atoms with Crippen molar-refractivity contribution in [2.24, 2.45) is 0 Å². The summed E-state index contributed by atoms with van der Waals surface area (Å²) in [6.45, 7) is 14.7. The van der Waals surface area contributed by atoms with Crippen molar-refractivity contribution in [3.05, 3.63) is 52.6 Å². The summed E-state index contributed by atoms with van der Waals surface area (Å²) >= 11 is 0. The number of anilines is 1. The second kappa shape index (κ2) is 9.97. The largest absolute Gasteiger partial charge is 0.416 e. The lowest BCUT2D eigenvalue weighted by molar-refractivity contribution is 0.204. The van der Waals surface area contributed by atoms with E-state index >= 15 is 0 Å². The van der Waals surface area contributed by atoms with E-state index in [-0.39, 0.29) is 16.9 Å². The Morgan fingerprint density at radius 1 is 1.16 bits per heavy atom. The van der Waals surface area contributed by atoms with Crippen LogP contribution in [0.15, 0.2) is 41.3 Å². The van der Waals surface area contributed by atoms with Crippen LogP contribution in [0.2, 0.25) is 18.1 Å². The minimum absolute atomic E-state index is 0.196. The third-order valence-corrected chi connectivity index (χ3v) is 10.9. The van der Waals surface area contributed by atoms with E-state index in [4.69, 9.17) is 4.43 Å². The van der Waals surface area contributed by atoms with Gasteiger partial charge >= 0.3 is 11.7 Å². The van der Waals surface area contributed by atoms with Crippen LogP contribution in [-0.2, 0) is 10.8 Å². The number of urea groups is 1. The third-order valence-electron chi connectivity index (χ3n) is 6.32. The molecule has 2 aromatic rings. The summed E-state index contributed by atoms with van der Waals surface area (Å²) in [5.41, 5.74) is 1.46. The lowest BCUT2D eigenvalue weighted by Gasteiger charge is -2.36. The van der Waals surface area contributed by atoms with Gasteiger partial charge in [0, 0.05) is 39.0 Å². The lowest BCUT2D eigenvalue weighted by atomic mass is 10.1. The maximum Gasteiger partial charge on any atom is 0.354 e. The minimum atomic E-state index is -1.75. The maximum absolute atomic E-state index is 12.5. The molecule has 1 saturated heterocycles. The monoisotopic (exact) mass is 457 g/mol. The molecule has 3 rings (SSSR count). The summed E-state index contributed by atoms with van der Waals surface area (Å²) in [6, 6.07) is 9.24. The van der Waals surface area contributed by atoms with Gasteiger partial charge < -0.3 is 14.6 Å². The van der Waals surface area contributed by atoms with Gasteiger partial charge in [-0.1, -0.05) is 32.9 Å². The highest BCUT2D eigenvalue weighted by molar-refractivity contribution is 6.74. The Morgan fingerprint density at radius 3 is 2.41 bits per heavy atom. The first-order valence-corrected chi connectivity index (χ1v) is 14.1. The van der Waals surface area contributed by atoms with Crippen LogP contribution in [0.25, 0.3) is 5.69 Å². The number of carbonyl (C=O) groups is 1. The SMILES string of the molecule is CC(C)(C)[Si](C)(C)OCCc1ccc(-n2ccc(NC(=O)N3CCNCC3)nc2=O)cc1. The van der Waals surface area contributed by atoms with Crippen molar-refractivity contribution < 1.29 is 9.22 Å². The molecule has 0 atom stereocenters. The van der Waals surface area contributed by atoms with Gasteiger partial charge in [-0.05, 0) is 48.3 Å². The van der Waals surface area contributed by atoms with E-state index in [0.717, 1.165) is 30.8 Å². The molecule has 1 aliphatic rings. The average Bonchev–Trinajstić information content (AvgIpc) is 2.74. The van der Waals surface area contributed by atoms with Gasteiger partial charge in [0.25, 0.3) is 0 Å². The average molecular weight is 458 g/mol. The van der Waals surface area contributed by atoms with Crippen LogP contribution in [0.3, 0.4) is 0 Å². The van der Waals surface area contributed by atoms with Crippen LogP contribution in [0, 0.1) is 0 Å². The first-order chi connectivity index (χ1) is 15.1. The molecular weight excluding hydrogens is 422 g/mol. The van der Waals surface area contributed by atoms with Crippen LogP contribution in [0.1, 0.15) is 26.3 Å². The van der Waals surface area contributed by atoms with Crippen molar-refractivity contribution in [2.75, 3.05) is 38.1 Å². The summed E-state index contributed by atoms with van der Waals surface area (Å²) in [5.74, 6) is 0.259. The van der Waals surface area contributed by atoms with Crippen LogP contribution < -0.4 is 16.3 Å². The molecule has 9 heteroatoms. The van der Waals surface area contributed by atoms with Gasteiger partial charge in [-0.3, -0.25) is 9.88 Å². The molecule has 0 spiro atoms. The quantitative estimate of drug-likeness (QED) is 0.650. The van der Waals surface area contributed by atoms with E-state index in [0.29, 0.717) is 19.7 Å². The number of amides is 2. The van der Waals surface area contributed by atoms with Gasteiger partial charge in [0.05, 0.1) is 5.69 Å². The second-order valence-corrected chi connectivity index (χ2v) is 14.5. The normalized spacial score (nSPS) is 15.0. The molecule has 0 radical (unpaired) electrons. The molecule has 2 amide bonds. The summed E-state index contributed by atoms with van der Waals surface area (Å²) in [5, 5.41) is 6.11. The highest BCUT2D eigenvalue weighted by atomic mass is 28.4. The zero-order valence-electron chi connectivity index (χ0n) is 19.8.